The summed E-state index contributed by atoms with van der Waals surface area (Å²) in [6, 6.07) is 4.10. The molecule has 0 spiro atoms. The first-order valence-corrected chi connectivity index (χ1v) is 9.09. The molecule has 0 aromatic heterocycles. The first-order chi connectivity index (χ1) is 10.2. The molecule has 22 heavy (non-hydrogen) atoms. The lowest BCUT2D eigenvalue weighted by molar-refractivity contribution is -0.117. The predicted molar refractivity (Wildman–Crippen MR) is 86.2 cm³/mol. The molecule has 1 heterocycles. The van der Waals surface area contributed by atoms with Gasteiger partial charge in [0, 0.05) is 5.02 Å². The number of nitrogens with zero attached hydrogens (tertiary/aromatic N) is 1. The maximum atomic E-state index is 12.0. The number of anilines is 1. The number of benzene rings is 1. The molecule has 1 aromatic carbocycles. The third kappa shape index (κ3) is 4.33. The van der Waals surface area contributed by atoms with Gasteiger partial charge in [-0.15, -0.1) is 0 Å². The summed E-state index contributed by atoms with van der Waals surface area (Å²) >= 11 is 11.8. The number of aliphatic hydroxyl groups excluding tert-OH is 1. The topological polar surface area (TPSA) is 86.7 Å². The zero-order valence-electron chi connectivity index (χ0n) is 11.8. The first-order valence-electron chi connectivity index (χ1n) is 6.51. The second-order valence-corrected chi connectivity index (χ2v) is 8.30. The van der Waals surface area contributed by atoms with E-state index in [4.69, 9.17) is 23.2 Å². The minimum atomic E-state index is -3.26. The molecule has 0 radical (unpaired) electrons. The van der Waals surface area contributed by atoms with Crippen LogP contribution >= 0.6 is 23.2 Å². The van der Waals surface area contributed by atoms with Crippen LogP contribution in [0.5, 0.6) is 0 Å². The number of carbonyl (C=O) groups excluding carboxylic acids is 1. The van der Waals surface area contributed by atoms with Crippen molar-refractivity contribution >= 4 is 44.6 Å². The molecule has 2 atom stereocenters. The van der Waals surface area contributed by atoms with Crippen LogP contribution in [0.4, 0.5) is 5.69 Å². The number of likely N-dealkylation sites (N-methyl/N-ethyl adjacent to an activating group) is 1. The number of halogens is 2. The molecule has 1 fully saturated rings. The van der Waals surface area contributed by atoms with Crippen molar-refractivity contribution in [2.75, 3.05) is 30.4 Å². The van der Waals surface area contributed by atoms with Crippen molar-refractivity contribution in [2.45, 2.75) is 12.1 Å². The molecule has 6 nitrogen and oxygen atoms in total. The summed E-state index contributed by atoms with van der Waals surface area (Å²) in [5.74, 6) is -0.803. The zero-order chi connectivity index (χ0) is 16.5. The molecule has 1 saturated heterocycles. The standard InChI is InChI=1S/C13H16Cl2N2O4S/c1-17(11-6-22(20,21)7-12(11)18)5-13(19)16-10-4-8(14)2-3-9(10)15/h2-4,11-12,18H,5-7H2,1H3,(H,16,19). The molecule has 1 aromatic rings. The Kier molecular flexibility index (Phi) is 5.34. The van der Waals surface area contributed by atoms with E-state index in [2.05, 4.69) is 5.32 Å². The second-order valence-electron chi connectivity index (χ2n) is 5.30. The Balaban J connectivity index is 1.99. The normalized spacial score (nSPS) is 23.7. The quantitative estimate of drug-likeness (QED) is 0.830. The van der Waals surface area contributed by atoms with Crippen LogP contribution < -0.4 is 5.32 Å². The van der Waals surface area contributed by atoms with Crippen LogP contribution in [-0.4, -0.2) is 61.6 Å². The molecular weight excluding hydrogens is 351 g/mol. The van der Waals surface area contributed by atoms with Crippen LogP contribution in [-0.2, 0) is 14.6 Å². The first kappa shape index (κ1) is 17.5. The maximum Gasteiger partial charge on any atom is 0.238 e. The van der Waals surface area contributed by atoms with Crippen LogP contribution in [0.15, 0.2) is 18.2 Å². The Bertz CT molecular complexity index is 681. The van der Waals surface area contributed by atoms with Gasteiger partial charge in [0.15, 0.2) is 9.84 Å². The highest BCUT2D eigenvalue weighted by Crippen LogP contribution is 2.25. The number of sulfone groups is 1. The van der Waals surface area contributed by atoms with E-state index in [0.29, 0.717) is 15.7 Å². The van der Waals surface area contributed by atoms with Gasteiger partial charge in [0.05, 0.1) is 40.9 Å². The SMILES string of the molecule is CN(CC(=O)Nc1cc(Cl)ccc1Cl)C1CS(=O)(=O)CC1O. The number of hydrogen-bond donors (Lipinski definition) is 2. The Hall–Kier alpha value is -0.860. The third-order valence-corrected chi connectivity index (χ3v) is 5.72. The monoisotopic (exact) mass is 366 g/mol. The van der Waals surface area contributed by atoms with Crippen molar-refractivity contribution in [3.8, 4) is 0 Å². The molecule has 0 saturated carbocycles. The summed E-state index contributed by atoms with van der Waals surface area (Å²) in [5, 5.41) is 13.2. The van der Waals surface area contributed by atoms with E-state index < -0.39 is 22.0 Å². The molecule has 0 bridgehead atoms. The van der Waals surface area contributed by atoms with Crippen molar-refractivity contribution in [3.05, 3.63) is 28.2 Å². The van der Waals surface area contributed by atoms with Crippen LogP contribution in [0.1, 0.15) is 0 Å². The molecule has 2 N–H and O–H groups in total. The van der Waals surface area contributed by atoms with E-state index in [9.17, 15) is 18.3 Å². The number of amides is 1. The van der Waals surface area contributed by atoms with Gasteiger partial charge in [0.2, 0.25) is 5.91 Å². The summed E-state index contributed by atoms with van der Waals surface area (Å²) in [6.07, 6.45) is -0.988. The highest BCUT2D eigenvalue weighted by atomic mass is 35.5. The van der Waals surface area contributed by atoms with Crippen molar-refractivity contribution < 1.29 is 18.3 Å². The number of carbonyl (C=O) groups is 1. The van der Waals surface area contributed by atoms with Crippen LogP contribution in [0.2, 0.25) is 10.0 Å². The van der Waals surface area contributed by atoms with Gasteiger partial charge in [-0.2, -0.15) is 0 Å². The molecule has 2 rings (SSSR count). The summed E-state index contributed by atoms with van der Waals surface area (Å²) in [5.41, 5.74) is 0.382. The van der Waals surface area contributed by atoms with Gasteiger partial charge in [0.25, 0.3) is 0 Å². The second kappa shape index (κ2) is 6.72. The smallest absolute Gasteiger partial charge is 0.238 e. The molecule has 122 valence electrons. The van der Waals surface area contributed by atoms with Gasteiger partial charge in [-0.1, -0.05) is 23.2 Å². The lowest BCUT2D eigenvalue weighted by Crippen LogP contribution is -2.44. The average molecular weight is 367 g/mol. The van der Waals surface area contributed by atoms with Crippen molar-refractivity contribution in [3.63, 3.8) is 0 Å². The Morgan fingerprint density at radius 1 is 1.41 bits per heavy atom. The molecule has 0 aliphatic carbocycles. The van der Waals surface area contributed by atoms with Gasteiger partial charge in [-0.25, -0.2) is 8.42 Å². The predicted octanol–water partition coefficient (Wildman–Crippen LogP) is 1.02. The Labute approximate surface area is 138 Å². The average Bonchev–Trinajstić information content (AvgIpc) is 2.67. The van der Waals surface area contributed by atoms with Gasteiger partial charge in [-0.05, 0) is 25.2 Å². The van der Waals surface area contributed by atoms with Gasteiger partial charge < -0.3 is 10.4 Å². The van der Waals surface area contributed by atoms with Crippen LogP contribution in [0, 0.1) is 0 Å². The van der Waals surface area contributed by atoms with Crippen molar-refractivity contribution in [1.82, 2.24) is 4.90 Å². The summed E-state index contributed by atoms with van der Waals surface area (Å²) in [6.45, 7) is -0.0694. The van der Waals surface area contributed by atoms with Crippen molar-refractivity contribution in [2.24, 2.45) is 0 Å². The van der Waals surface area contributed by atoms with E-state index in [1.165, 1.54) is 11.0 Å². The number of nitrogens with one attached hydrogen (secondary N) is 1. The number of rotatable bonds is 4. The fourth-order valence-corrected chi connectivity index (χ4v) is 4.57. The number of hydrogen-bond acceptors (Lipinski definition) is 5. The minimum absolute atomic E-state index is 0.0694. The zero-order valence-corrected chi connectivity index (χ0v) is 14.1. The minimum Gasteiger partial charge on any atom is -0.390 e. The molecular formula is C13H16Cl2N2O4S. The van der Waals surface area contributed by atoms with Gasteiger partial charge in [-0.3, -0.25) is 9.69 Å². The highest BCUT2D eigenvalue weighted by molar-refractivity contribution is 7.91. The van der Waals surface area contributed by atoms with Gasteiger partial charge in [0.1, 0.15) is 0 Å². The highest BCUT2D eigenvalue weighted by Gasteiger charge is 2.39. The van der Waals surface area contributed by atoms with E-state index >= 15 is 0 Å². The Morgan fingerprint density at radius 2 is 2.09 bits per heavy atom. The summed E-state index contributed by atoms with van der Waals surface area (Å²) in [7, 11) is -1.67. The van der Waals surface area contributed by atoms with E-state index in [1.807, 2.05) is 0 Å². The summed E-state index contributed by atoms with van der Waals surface area (Å²) in [4.78, 5) is 13.5. The summed E-state index contributed by atoms with van der Waals surface area (Å²) < 4.78 is 23.0. The van der Waals surface area contributed by atoms with Crippen LogP contribution in [0.3, 0.4) is 0 Å². The maximum absolute atomic E-state index is 12.0. The molecule has 1 aliphatic heterocycles. The largest absolute Gasteiger partial charge is 0.390 e. The van der Waals surface area contributed by atoms with E-state index in [-0.39, 0.29) is 24.0 Å². The number of aliphatic hydroxyl groups is 1. The van der Waals surface area contributed by atoms with E-state index in [0.717, 1.165) is 0 Å². The molecule has 1 aliphatic rings. The lowest BCUT2D eigenvalue weighted by Gasteiger charge is -2.25. The molecule has 1 amide bonds. The van der Waals surface area contributed by atoms with Crippen LogP contribution in [0.25, 0.3) is 0 Å². The van der Waals surface area contributed by atoms with E-state index in [1.54, 1.807) is 19.2 Å². The lowest BCUT2D eigenvalue weighted by atomic mass is 10.2. The Morgan fingerprint density at radius 3 is 2.68 bits per heavy atom. The fraction of sp³-hybridized carbons (Fsp3) is 0.462. The van der Waals surface area contributed by atoms with Gasteiger partial charge >= 0.3 is 0 Å². The third-order valence-electron chi connectivity index (χ3n) is 3.46. The molecule has 2 unspecified atom stereocenters. The van der Waals surface area contributed by atoms with Crippen molar-refractivity contribution in [1.29, 1.82) is 0 Å². The molecule has 9 heteroatoms. The fourth-order valence-electron chi connectivity index (χ4n) is 2.36.